The van der Waals surface area contributed by atoms with Gasteiger partial charge in [0.05, 0.1) is 12.2 Å². The van der Waals surface area contributed by atoms with Gasteiger partial charge < -0.3 is 9.47 Å². The van der Waals surface area contributed by atoms with E-state index in [0.717, 1.165) is 12.8 Å². The molecule has 0 radical (unpaired) electrons. The molecule has 2 heteroatoms. The van der Waals surface area contributed by atoms with Crippen LogP contribution in [-0.2, 0) is 9.47 Å². The van der Waals surface area contributed by atoms with Crippen LogP contribution in [0.15, 0.2) is 0 Å². The molecule has 1 aliphatic heterocycles. The highest BCUT2D eigenvalue weighted by Gasteiger charge is 2.28. The maximum Gasteiger partial charge on any atom is 0.158 e. The van der Waals surface area contributed by atoms with E-state index in [1.54, 1.807) is 0 Å². The number of hydrogen-bond donors (Lipinski definition) is 0. The Hall–Kier alpha value is -0.0800. The van der Waals surface area contributed by atoms with Crippen LogP contribution in [-0.4, -0.2) is 18.5 Å². The summed E-state index contributed by atoms with van der Waals surface area (Å²) in [5.74, 6) is 0. The van der Waals surface area contributed by atoms with Gasteiger partial charge in [-0.05, 0) is 20.3 Å². The van der Waals surface area contributed by atoms with Crippen molar-refractivity contribution in [1.82, 2.24) is 0 Å². The average Bonchev–Trinajstić information content (AvgIpc) is 2.14. The lowest BCUT2D eigenvalue weighted by molar-refractivity contribution is -0.0670. The van der Waals surface area contributed by atoms with Crippen LogP contribution in [0.5, 0.6) is 0 Å². The maximum atomic E-state index is 5.49. The fourth-order valence-corrected chi connectivity index (χ4v) is 1.10. The third-order valence-electron chi connectivity index (χ3n) is 1.92. The van der Waals surface area contributed by atoms with Gasteiger partial charge in [0.15, 0.2) is 6.29 Å². The Morgan fingerprint density at radius 1 is 1.10 bits per heavy atom. The van der Waals surface area contributed by atoms with E-state index in [4.69, 9.17) is 9.47 Å². The smallest absolute Gasteiger partial charge is 0.158 e. The fourth-order valence-electron chi connectivity index (χ4n) is 1.10. The molecular weight excluding hydrogens is 128 g/mol. The van der Waals surface area contributed by atoms with Crippen LogP contribution in [0, 0.1) is 0 Å². The van der Waals surface area contributed by atoms with Gasteiger partial charge in [-0.1, -0.05) is 13.3 Å². The van der Waals surface area contributed by atoms with Crippen molar-refractivity contribution < 1.29 is 9.47 Å². The molecule has 0 aromatic carbocycles. The van der Waals surface area contributed by atoms with Crippen LogP contribution in [0.3, 0.4) is 0 Å². The average molecular weight is 144 g/mol. The molecule has 2 nitrogen and oxygen atoms in total. The second-order valence-electron chi connectivity index (χ2n) is 2.90. The number of rotatable bonds is 2. The molecule has 1 fully saturated rings. The second-order valence-corrected chi connectivity index (χ2v) is 2.90. The summed E-state index contributed by atoms with van der Waals surface area (Å²) in [4.78, 5) is 0. The minimum atomic E-state index is 0.0648. The third kappa shape index (κ3) is 1.70. The fraction of sp³-hybridized carbons (Fsp3) is 1.00. The van der Waals surface area contributed by atoms with Crippen LogP contribution in [0.4, 0.5) is 0 Å². The van der Waals surface area contributed by atoms with Crippen molar-refractivity contribution in [3.05, 3.63) is 0 Å². The summed E-state index contributed by atoms with van der Waals surface area (Å²) in [7, 11) is 0. The van der Waals surface area contributed by atoms with E-state index in [9.17, 15) is 0 Å². The first-order valence-electron chi connectivity index (χ1n) is 4.05. The molecule has 1 saturated heterocycles. The lowest BCUT2D eigenvalue weighted by Crippen LogP contribution is -2.13. The molecule has 0 N–H and O–H groups in total. The largest absolute Gasteiger partial charge is 0.347 e. The highest BCUT2D eigenvalue weighted by atomic mass is 16.7. The SMILES string of the molecule is CCCC1OC(C)C(C)O1. The topological polar surface area (TPSA) is 18.5 Å². The van der Waals surface area contributed by atoms with Crippen LogP contribution >= 0.6 is 0 Å². The van der Waals surface area contributed by atoms with Crippen molar-refractivity contribution in [2.45, 2.75) is 52.1 Å². The Balaban J connectivity index is 2.27. The van der Waals surface area contributed by atoms with Gasteiger partial charge in [-0.2, -0.15) is 0 Å². The van der Waals surface area contributed by atoms with Crippen LogP contribution in [0.25, 0.3) is 0 Å². The molecule has 1 aliphatic rings. The molecule has 60 valence electrons. The van der Waals surface area contributed by atoms with Crippen molar-refractivity contribution in [2.24, 2.45) is 0 Å². The first kappa shape index (κ1) is 8.02. The van der Waals surface area contributed by atoms with Gasteiger partial charge >= 0.3 is 0 Å². The standard InChI is InChI=1S/C8H16O2/c1-4-5-8-9-6(2)7(3)10-8/h6-8H,4-5H2,1-3H3. The molecule has 0 saturated carbocycles. The monoisotopic (exact) mass is 144 g/mol. The molecule has 0 spiro atoms. The zero-order chi connectivity index (χ0) is 7.56. The van der Waals surface area contributed by atoms with Gasteiger partial charge in [0.2, 0.25) is 0 Å². The van der Waals surface area contributed by atoms with Gasteiger partial charge in [0.1, 0.15) is 0 Å². The van der Waals surface area contributed by atoms with E-state index in [1.165, 1.54) is 0 Å². The summed E-state index contributed by atoms with van der Waals surface area (Å²) >= 11 is 0. The van der Waals surface area contributed by atoms with E-state index < -0.39 is 0 Å². The van der Waals surface area contributed by atoms with E-state index in [0.29, 0.717) is 0 Å². The quantitative estimate of drug-likeness (QED) is 0.589. The Morgan fingerprint density at radius 3 is 2.00 bits per heavy atom. The van der Waals surface area contributed by atoms with Gasteiger partial charge in [0.25, 0.3) is 0 Å². The van der Waals surface area contributed by atoms with Crippen molar-refractivity contribution in [2.75, 3.05) is 0 Å². The first-order chi connectivity index (χ1) is 4.74. The Bertz CT molecular complexity index is 93.4. The molecule has 2 unspecified atom stereocenters. The van der Waals surface area contributed by atoms with Crippen molar-refractivity contribution >= 4 is 0 Å². The zero-order valence-electron chi connectivity index (χ0n) is 6.96. The van der Waals surface area contributed by atoms with Gasteiger partial charge in [-0.3, -0.25) is 0 Å². The van der Waals surface area contributed by atoms with Crippen molar-refractivity contribution in [3.8, 4) is 0 Å². The van der Waals surface area contributed by atoms with Crippen molar-refractivity contribution in [3.63, 3.8) is 0 Å². The van der Waals surface area contributed by atoms with Gasteiger partial charge in [-0.15, -0.1) is 0 Å². The van der Waals surface area contributed by atoms with Crippen molar-refractivity contribution in [1.29, 1.82) is 0 Å². The molecule has 1 heterocycles. The number of hydrogen-bond acceptors (Lipinski definition) is 2. The normalized spacial score (nSPS) is 40.5. The highest BCUT2D eigenvalue weighted by molar-refractivity contribution is 4.68. The second kappa shape index (κ2) is 3.35. The molecular formula is C8H16O2. The molecule has 2 atom stereocenters. The molecule has 0 aliphatic carbocycles. The summed E-state index contributed by atoms with van der Waals surface area (Å²) in [6.45, 7) is 6.25. The van der Waals surface area contributed by atoms with Crippen LogP contribution < -0.4 is 0 Å². The summed E-state index contributed by atoms with van der Waals surface area (Å²) in [5.41, 5.74) is 0. The lowest BCUT2D eigenvalue weighted by atomic mass is 10.3. The third-order valence-corrected chi connectivity index (χ3v) is 1.92. The maximum absolute atomic E-state index is 5.49. The van der Waals surface area contributed by atoms with E-state index in [2.05, 4.69) is 20.8 Å². The van der Waals surface area contributed by atoms with E-state index in [-0.39, 0.29) is 18.5 Å². The van der Waals surface area contributed by atoms with Crippen LogP contribution in [0.1, 0.15) is 33.6 Å². The summed E-state index contributed by atoms with van der Waals surface area (Å²) in [6.07, 6.45) is 2.77. The molecule has 0 aromatic rings. The Kier molecular flexibility index (Phi) is 2.69. The molecule has 1 rings (SSSR count). The molecule has 10 heavy (non-hydrogen) atoms. The summed E-state index contributed by atoms with van der Waals surface area (Å²) < 4.78 is 11.0. The zero-order valence-corrected chi connectivity index (χ0v) is 6.96. The molecule has 0 aromatic heterocycles. The van der Waals surface area contributed by atoms with Crippen LogP contribution in [0.2, 0.25) is 0 Å². The Morgan fingerprint density at radius 2 is 1.60 bits per heavy atom. The lowest BCUT2D eigenvalue weighted by Gasteiger charge is -2.06. The van der Waals surface area contributed by atoms with Gasteiger partial charge in [-0.25, -0.2) is 0 Å². The predicted molar refractivity (Wildman–Crippen MR) is 39.8 cm³/mol. The summed E-state index contributed by atoms with van der Waals surface area (Å²) in [5, 5.41) is 0. The first-order valence-corrected chi connectivity index (χ1v) is 4.05. The number of ether oxygens (including phenoxy) is 2. The molecule has 0 bridgehead atoms. The van der Waals surface area contributed by atoms with E-state index in [1.807, 2.05) is 0 Å². The highest BCUT2D eigenvalue weighted by Crippen LogP contribution is 2.20. The van der Waals surface area contributed by atoms with Gasteiger partial charge in [0, 0.05) is 0 Å². The predicted octanol–water partition coefficient (Wildman–Crippen LogP) is 1.94. The van der Waals surface area contributed by atoms with E-state index >= 15 is 0 Å². The minimum Gasteiger partial charge on any atom is -0.347 e. The summed E-state index contributed by atoms with van der Waals surface area (Å²) in [6, 6.07) is 0. The minimum absolute atomic E-state index is 0.0648. The molecule has 0 amide bonds. The Labute approximate surface area is 62.5 Å².